The molecule has 3 heteroatoms. The van der Waals surface area contributed by atoms with Crippen molar-refractivity contribution in [3.8, 4) is 0 Å². The van der Waals surface area contributed by atoms with Gasteiger partial charge in [0.1, 0.15) is 5.54 Å². The number of carboxylic acid groups (broad SMARTS) is 1. The molecule has 0 bridgehead atoms. The second kappa shape index (κ2) is 7.08. The molecule has 116 valence electrons. The average molecular weight is 289 g/mol. The molecule has 1 heterocycles. The number of rotatable bonds is 7. The maximum atomic E-state index is 11.8. The molecule has 1 saturated heterocycles. The largest absolute Gasteiger partial charge is 0.480 e. The monoisotopic (exact) mass is 289 g/mol. The van der Waals surface area contributed by atoms with Gasteiger partial charge in [0, 0.05) is 0 Å². The fraction of sp³-hybridized carbons (Fsp3) is 0.611. The van der Waals surface area contributed by atoms with Gasteiger partial charge in [0.05, 0.1) is 0 Å². The molecule has 1 aromatic carbocycles. The first kappa shape index (κ1) is 16.0. The van der Waals surface area contributed by atoms with Crippen LogP contribution in [-0.2, 0) is 4.79 Å². The summed E-state index contributed by atoms with van der Waals surface area (Å²) in [4.78, 5) is 14.0. The van der Waals surface area contributed by atoms with Crippen LogP contribution in [0.2, 0.25) is 0 Å². The topological polar surface area (TPSA) is 40.5 Å². The lowest BCUT2D eigenvalue weighted by Gasteiger charge is -2.35. The number of likely N-dealkylation sites (tertiary alicyclic amines) is 1. The molecule has 1 N–H and O–H groups in total. The van der Waals surface area contributed by atoms with Gasteiger partial charge in [0.15, 0.2) is 0 Å². The number of nitrogens with zero attached hydrogens (tertiary/aromatic N) is 1. The predicted octanol–water partition coefficient (Wildman–Crippen LogP) is 3.90. The first-order chi connectivity index (χ1) is 10.1. The van der Waals surface area contributed by atoms with Crippen molar-refractivity contribution in [2.75, 3.05) is 13.1 Å². The number of carbonyl (C=O) groups is 1. The lowest BCUT2D eigenvalue weighted by atomic mass is 9.90. The fourth-order valence-corrected chi connectivity index (χ4v) is 3.60. The highest BCUT2D eigenvalue weighted by Crippen LogP contribution is 2.35. The number of aliphatic carboxylic acids is 1. The summed E-state index contributed by atoms with van der Waals surface area (Å²) >= 11 is 0. The third-order valence-electron chi connectivity index (χ3n) is 4.89. The zero-order valence-electron chi connectivity index (χ0n) is 13.2. The maximum absolute atomic E-state index is 11.8. The van der Waals surface area contributed by atoms with Crippen molar-refractivity contribution in [2.45, 2.75) is 57.4 Å². The number of hydrogen-bond donors (Lipinski definition) is 1. The normalized spacial score (nSPS) is 24.1. The molecule has 2 unspecified atom stereocenters. The van der Waals surface area contributed by atoms with E-state index in [-0.39, 0.29) is 0 Å². The average Bonchev–Trinajstić information content (AvgIpc) is 2.90. The van der Waals surface area contributed by atoms with Crippen LogP contribution in [-0.4, -0.2) is 34.6 Å². The van der Waals surface area contributed by atoms with E-state index in [1.807, 2.05) is 6.07 Å². The van der Waals surface area contributed by atoms with E-state index in [4.69, 9.17) is 0 Å². The summed E-state index contributed by atoms with van der Waals surface area (Å²) in [6.45, 7) is 6.11. The van der Waals surface area contributed by atoms with Gasteiger partial charge in [-0.15, -0.1) is 0 Å². The molecule has 3 nitrogen and oxygen atoms in total. The minimum atomic E-state index is -0.630. The summed E-state index contributed by atoms with van der Waals surface area (Å²) < 4.78 is 0. The van der Waals surface area contributed by atoms with Crippen molar-refractivity contribution in [3.05, 3.63) is 35.9 Å². The van der Waals surface area contributed by atoms with Crippen molar-refractivity contribution >= 4 is 5.97 Å². The Hall–Kier alpha value is -1.35. The van der Waals surface area contributed by atoms with Crippen molar-refractivity contribution < 1.29 is 9.90 Å². The third-order valence-corrected chi connectivity index (χ3v) is 4.89. The fourth-order valence-electron chi connectivity index (χ4n) is 3.60. The molecule has 0 saturated carbocycles. The Morgan fingerprint density at radius 2 is 2.10 bits per heavy atom. The van der Waals surface area contributed by atoms with Crippen LogP contribution < -0.4 is 0 Å². The van der Waals surface area contributed by atoms with Crippen LogP contribution >= 0.6 is 0 Å². The van der Waals surface area contributed by atoms with Crippen LogP contribution in [0.15, 0.2) is 30.3 Å². The minimum absolute atomic E-state index is 0.472. The third kappa shape index (κ3) is 3.46. The molecule has 2 rings (SSSR count). The predicted molar refractivity (Wildman–Crippen MR) is 85.6 cm³/mol. The Bertz CT molecular complexity index is 460. The molecule has 0 spiro atoms. The zero-order chi connectivity index (χ0) is 15.3. The summed E-state index contributed by atoms with van der Waals surface area (Å²) in [5, 5.41) is 9.71. The highest BCUT2D eigenvalue weighted by atomic mass is 16.4. The molecule has 1 fully saturated rings. The molecule has 21 heavy (non-hydrogen) atoms. The van der Waals surface area contributed by atoms with Gasteiger partial charge in [-0.2, -0.15) is 0 Å². The Morgan fingerprint density at radius 3 is 2.71 bits per heavy atom. The van der Waals surface area contributed by atoms with Crippen LogP contribution in [0.25, 0.3) is 0 Å². The second-order valence-corrected chi connectivity index (χ2v) is 6.28. The van der Waals surface area contributed by atoms with Gasteiger partial charge in [-0.3, -0.25) is 9.69 Å². The lowest BCUT2D eigenvalue weighted by Crippen LogP contribution is -2.50. The highest BCUT2D eigenvalue weighted by Gasteiger charge is 2.46. The molecule has 0 radical (unpaired) electrons. The highest BCUT2D eigenvalue weighted by molar-refractivity contribution is 5.79. The smallest absolute Gasteiger partial charge is 0.324 e. The molecule has 1 aliphatic rings. The van der Waals surface area contributed by atoms with Crippen LogP contribution in [0.3, 0.4) is 0 Å². The Morgan fingerprint density at radius 1 is 1.38 bits per heavy atom. The van der Waals surface area contributed by atoms with Crippen LogP contribution in [0.5, 0.6) is 0 Å². The van der Waals surface area contributed by atoms with E-state index in [9.17, 15) is 9.90 Å². The molecule has 1 aliphatic heterocycles. The van der Waals surface area contributed by atoms with Crippen molar-refractivity contribution in [2.24, 2.45) is 0 Å². The summed E-state index contributed by atoms with van der Waals surface area (Å²) in [5.74, 6) is -0.158. The lowest BCUT2D eigenvalue weighted by molar-refractivity contribution is -0.150. The van der Waals surface area contributed by atoms with E-state index in [0.29, 0.717) is 5.92 Å². The first-order valence-corrected chi connectivity index (χ1v) is 8.13. The van der Waals surface area contributed by atoms with Gasteiger partial charge in [-0.05, 0) is 50.3 Å². The van der Waals surface area contributed by atoms with E-state index < -0.39 is 11.5 Å². The van der Waals surface area contributed by atoms with Crippen LogP contribution in [0.1, 0.15) is 57.4 Å². The summed E-state index contributed by atoms with van der Waals surface area (Å²) in [6, 6.07) is 10.5. The number of benzene rings is 1. The van der Waals surface area contributed by atoms with Crippen molar-refractivity contribution in [1.82, 2.24) is 4.90 Å². The van der Waals surface area contributed by atoms with Gasteiger partial charge in [-0.25, -0.2) is 0 Å². The number of hydrogen-bond acceptors (Lipinski definition) is 2. The van der Waals surface area contributed by atoms with E-state index in [1.165, 1.54) is 5.56 Å². The molecule has 0 aromatic heterocycles. The molecule has 0 aliphatic carbocycles. The van der Waals surface area contributed by atoms with E-state index in [2.05, 4.69) is 43.0 Å². The second-order valence-electron chi connectivity index (χ2n) is 6.28. The quantitative estimate of drug-likeness (QED) is 0.827. The van der Waals surface area contributed by atoms with E-state index >= 15 is 0 Å². The Kier molecular flexibility index (Phi) is 5.40. The van der Waals surface area contributed by atoms with Gasteiger partial charge in [-0.1, -0.05) is 50.6 Å². The standard InChI is InChI=1S/C18H27NO2/c1-3-11-18(17(20)21)12-7-13-19(18)14-10-15(2)16-8-5-4-6-9-16/h4-6,8-9,15H,3,7,10-14H2,1-2H3,(H,20,21). The molecular formula is C18H27NO2. The van der Waals surface area contributed by atoms with E-state index in [1.54, 1.807) is 0 Å². The zero-order valence-corrected chi connectivity index (χ0v) is 13.2. The minimum Gasteiger partial charge on any atom is -0.480 e. The SMILES string of the molecule is CCCC1(C(=O)O)CCCN1CCC(C)c1ccccc1. The molecular weight excluding hydrogens is 262 g/mol. The summed E-state index contributed by atoms with van der Waals surface area (Å²) in [5.41, 5.74) is 0.735. The Balaban J connectivity index is 1.99. The maximum Gasteiger partial charge on any atom is 0.324 e. The van der Waals surface area contributed by atoms with Crippen molar-refractivity contribution in [3.63, 3.8) is 0 Å². The summed E-state index contributed by atoms with van der Waals surface area (Å²) in [6.07, 6.45) is 4.52. The van der Waals surface area contributed by atoms with Crippen LogP contribution in [0, 0.1) is 0 Å². The van der Waals surface area contributed by atoms with Gasteiger partial charge in [0.2, 0.25) is 0 Å². The molecule has 1 aromatic rings. The van der Waals surface area contributed by atoms with Gasteiger partial charge in [0.25, 0.3) is 0 Å². The first-order valence-electron chi connectivity index (χ1n) is 8.13. The molecule has 2 atom stereocenters. The Labute approximate surface area is 128 Å². The van der Waals surface area contributed by atoms with E-state index in [0.717, 1.165) is 45.2 Å². The van der Waals surface area contributed by atoms with Crippen LogP contribution in [0.4, 0.5) is 0 Å². The molecule has 0 amide bonds. The van der Waals surface area contributed by atoms with Gasteiger partial charge < -0.3 is 5.11 Å². The van der Waals surface area contributed by atoms with Crippen molar-refractivity contribution in [1.29, 1.82) is 0 Å². The number of carboxylic acids is 1. The summed E-state index contributed by atoms with van der Waals surface area (Å²) in [7, 11) is 0. The van der Waals surface area contributed by atoms with Gasteiger partial charge >= 0.3 is 5.97 Å².